The van der Waals surface area contributed by atoms with Gasteiger partial charge in [0.05, 0.1) is 13.5 Å². The average Bonchev–Trinajstić information content (AvgIpc) is 2.90. The van der Waals surface area contributed by atoms with Crippen LogP contribution in [0.1, 0.15) is 24.8 Å². The third kappa shape index (κ3) is 5.23. The molecule has 0 aromatic heterocycles. The van der Waals surface area contributed by atoms with E-state index in [4.69, 9.17) is 9.47 Å². The molecular weight excluding hydrogens is 342 g/mol. The molecule has 5 nitrogen and oxygen atoms in total. The molecule has 0 aliphatic carbocycles. The molecule has 27 heavy (non-hydrogen) atoms. The van der Waals surface area contributed by atoms with Crippen molar-refractivity contribution in [2.45, 2.75) is 31.3 Å². The molecule has 1 aliphatic rings. The number of likely N-dealkylation sites (tertiary alicyclic amines) is 1. The molecule has 0 spiro atoms. The van der Waals surface area contributed by atoms with Crippen LogP contribution in [0.15, 0.2) is 54.6 Å². The molecule has 1 atom stereocenters. The number of carbonyl (C=O) groups excluding carboxylic acids is 1. The highest BCUT2D eigenvalue weighted by Crippen LogP contribution is 2.25. The van der Waals surface area contributed by atoms with E-state index in [0.29, 0.717) is 32.4 Å². The highest BCUT2D eigenvalue weighted by atomic mass is 16.5. The van der Waals surface area contributed by atoms with Gasteiger partial charge in [0, 0.05) is 18.7 Å². The highest BCUT2D eigenvalue weighted by molar-refractivity contribution is 5.79. The van der Waals surface area contributed by atoms with Crippen molar-refractivity contribution in [1.29, 1.82) is 0 Å². The van der Waals surface area contributed by atoms with Crippen LogP contribution < -0.4 is 9.47 Å². The molecule has 1 heterocycles. The van der Waals surface area contributed by atoms with Crippen molar-refractivity contribution >= 4 is 5.91 Å². The summed E-state index contributed by atoms with van der Waals surface area (Å²) in [6.45, 7) is 1.43. The summed E-state index contributed by atoms with van der Waals surface area (Å²) < 4.78 is 11.1. The van der Waals surface area contributed by atoms with Gasteiger partial charge < -0.3 is 19.5 Å². The molecule has 144 valence electrons. The zero-order valence-electron chi connectivity index (χ0n) is 15.8. The van der Waals surface area contributed by atoms with Crippen LogP contribution in [0.2, 0.25) is 0 Å². The van der Waals surface area contributed by atoms with Crippen molar-refractivity contribution in [2.75, 3.05) is 26.8 Å². The standard InChI is InChI=1S/C22H27NO4/c1-26-20-11-6-5-8-18(20)16-21(24)23-14-7-12-22(25,13-15-23)17-27-19-9-3-2-4-10-19/h2-6,8-11,25H,7,12-17H2,1H3. The van der Waals surface area contributed by atoms with Crippen molar-refractivity contribution in [3.05, 3.63) is 60.2 Å². The van der Waals surface area contributed by atoms with Crippen LogP contribution in [-0.2, 0) is 11.2 Å². The SMILES string of the molecule is COc1ccccc1CC(=O)N1CCCC(O)(COc2ccccc2)CC1. The lowest BCUT2D eigenvalue weighted by atomic mass is 9.96. The fourth-order valence-electron chi connectivity index (χ4n) is 3.43. The average molecular weight is 369 g/mol. The van der Waals surface area contributed by atoms with Crippen LogP contribution >= 0.6 is 0 Å². The molecule has 1 unspecified atom stereocenters. The van der Waals surface area contributed by atoms with E-state index in [1.165, 1.54) is 0 Å². The molecular formula is C22H27NO4. The molecule has 2 aromatic rings. The Morgan fingerprint density at radius 2 is 1.81 bits per heavy atom. The fourth-order valence-corrected chi connectivity index (χ4v) is 3.43. The van der Waals surface area contributed by atoms with Crippen molar-refractivity contribution in [3.63, 3.8) is 0 Å². The second-order valence-corrected chi connectivity index (χ2v) is 7.05. The number of rotatable bonds is 6. The Morgan fingerprint density at radius 1 is 1.07 bits per heavy atom. The van der Waals surface area contributed by atoms with Crippen LogP contribution in [0, 0.1) is 0 Å². The molecule has 1 fully saturated rings. The molecule has 0 bridgehead atoms. The van der Waals surface area contributed by atoms with Crippen LogP contribution in [0.4, 0.5) is 0 Å². The van der Waals surface area contributed by atoms with E-state index in [1.807, 2.05) is 59.5 Å². The van der Waals surface area contributed by atoms with Crippen molar-refractivity contribution in [3.8, 4) is 11.5 Å². The number of amides is 1. The smallest absolute Gasteiger partial charge is 0.227 e. The van der Waals surface area contributed by atoms with E-state index in [-0.39, 0.29) is 12.5 Å². The lowest BCUT2D eigenvalue weighted by Gasteiger charge is -2.27. The summed E-state index contributed by atoms with van der Waals surface area (Å²) in [4.78, 5) is 14.6. The van der Waals surface area contributed by atoms with Gasteiger partial charge in [-0.1, -0.05) is 36.4 Å². The molecule has 0 saturated carbocycles. The topological polar surface area (TPSA) is 59.0 Å². The van der Waals surface area contributed by atoms with Gasteiger partial charge in [0.15, 0.2) is 0 Å². The van der Waals surface area contributed by atoms with Crippen LogP contribution in [0.25, 0.3) is 0 Å². The monoisotopic (exact) mass is 369 g/mol. The number of ether oxygens (including phenoxy) is 2. The summed E-state index contributed by atoms with van der Waals surface area (Å²) in [6.07, 6.45) is 2.20. The first-order valence-electron chi connectivity index (χ1n) is 9.39. The van der Waals surface area contributed by atoms with E-state index in [2.05, 4.69) is 0 Å². The predicted octanol–water partition coefficient (Wildman–Crippen LogP) is 3.06. The quantitative estimate of drug-likeness (QED) is 0.850. The first-order chi connectivity index (χ1) is 13.1. The van der Waals surface area contributed by atoms with Crippen LogP contribution in [0.5, 0.6) is 11.5 Å². The number of hydrogen-bond acceptors (Lipinski definition) is 4. The molecule has 1 N–H and O–H groups in total. The summed E-state index contributed by atoms with van der Waals surface area (Å²) in [5.74, 6) is 1.54. The first-order valence-corrected chi connectivity index (χ1v) is 9.39. The lowest BCUT2D eigenvalue weighted by molar-refractivity contribution is -0.130. The number of para-hydroxylation sites is 2. The van der Waals surface area contributed by atoms with Crippen molar-refractivity contribution in [1.82, 2.24) is 4.90 Å². The second kappa shape index (κ2) is 8.91. The fraction of sp³-hybridized carbons (Fsp3) is 0.409. The largest absolute Gasteiger partial charge is 0.496 e. The van der Waals surface area contributed by atoms with E-state index < -0.39 is 5.60 Å². The zero-order chi connectivity index (χ0) is 19.1. The summed E-state index contributed by atoms with van der Waals surface area (Å²) in [6, 6.07) is 17.1. The predicted molar refractivity (Wildman–Crippen MR) is 104 cm³/mol. The van der Waals surface area contributed by atoms with Gasteiger partial charge in [0.1, 0.15) is 23.7 Å². The van der Waals surface area contributed by atoms with Gasteiger partial charge in [-0.05, 0) is 37.5 Å². The lowest BCUT2D eigenvalue weighted by Crippen LogP contribution is -2.38. The van der Waals surface area contributed by atoms with Crippen molar-refractivity contribution in [2.24, 2.45) is 0 Å². The van der Waals surface area contributed by atoms with E-state index in [0.717, 1.165) is 23.5 Å². The Morgan fingerprint density at radius 3 is 2.59 bits per heavy atom. The maximum atomic E-state index is 12.7. The van der Waals surface area contributed by atoms with E-state index >= 15 is 0 Å². The molecule has 0 radical (unpaired) electrons. The van der Waals surface area contributed by atoms with Gasteiger partial charge in [-0.15, -0.1) is 0 Å². The van der Waals surface area contributed by atoms with Crippen LogP contribution in [-0.4, -0.2) is 48.3 Å². The Kier molecular flexibility index (Phi) is 6.35. The maximum absolute atomic E-state index is 12.7. The molecule has 1 amide bonds. The molecule has 1 saturated heterocycles. The van der Waals surface area contributed by atoms with Crippen molar-refractivity contribution < 1.29 is 19.4 Å². The Bertz CT molecular complexity index is 749. The second-order valence-electron chi connectivity index (χ2n) is 7.05. The molecule has 5 heteroatoms. The molecule has 3 rings (SSSR count). The maximum Gasteiger partial charge on any atom is 0.227 e. The normalized spacial score (nSPS) is 20.0. The van der Waals surface area contributed by atoms with Gasteiger partial charge >= 0.3 is 0 Å². The minimum Gasteiger partial charge on any atom is -0.496 e. The number of benzene rings is 2. The minimum atomic E-state index is -0.907. The summed E-state index contributed by atoms with van der Waals surface area (Å²) in [5.41, 5.74) is -0.0214. The summed E-state index contributed by atoms with van der Waals surface area (Å²) in [5, 5.41) is 10.9. The number of nitrogens with zero attached hydrogens (tertiary/aromatic N) is 1. The number of aliphatic hydroxyl groups is 1. The van der Waals surface area contributed by atoms with E-state index in [9.17, 15) is 9.90 Å². The van der Waals surface area contributed by atoms with Gasteiger partial charge in [-0.2, -0.15) is 0 Å². The zero-order valence-corrected chi connectivity index (χ0v) is 15.8. The molecule has 1 aliphatic heterocycles. The van der Waals surface area contributed by atoms with Gasteiger partial charge in [-0.3, -0.25) is 4.79 Å². The van der Waals surface area contributed by atoms with Gasteiger partial charge in [-0.25, -0.2) is 0 Å². The molecule has 2 aromatic carbocycles. The minimum absolute atomic E-state index is 0.0627. The Balaban J connectivity index is 1.56. The Hall–Kier alpha value is -2.53. The Labute approximate surface area is 160 Å². The highest BCUT2D eigenvalue weighted by Gasteiger charge is 2.32. The first kappa shape index (κ1) is 19.2. The van der Waals surface area contributed by atoms with E-state index in [1.54, 1.807) is 7.11 Å². The van der Waals surface area contributed by atoms with Gasteiger partial charge in [0.2, 0.25) is 5.91 Å². The summed E-state index contributed by atoms with van der Waals surface area (Å²) in [7, 11) is 1.61. The third-order valence-electron chi connectivity index (χ3n) is 5.05. The summed E-state index contributed by atoms with van der Waals surface area (Å²) >= 11 is 0. The number of methoxy groups -OCH3 is 1. The van der Waals surface area contributed by atoms with Crippen LogP contribution in [0.3, 0.4) is 0 Å². The number of hydrogen-bond donors (Lipinski definition) is 1. The number of carbonyl (C=O) groups is 1. The third-order valence-corrected chi connectivity index (χ3v) is 5.05. The van der Waals surface area contributed by atoms with Gasteiger partial charge in [0.25, 0.3) is 0 Å².